The van der Waals surface area contributed by atoms with E-state index in [0.717, 1.165) is 47.0 Å². The molecule has 4 rings (SSSR count). The summed E-state index contributed by atoms with van der Waals surface area (Å²) in [6.45, 7) is 2.18. The molecule has 1 aliphatic carbocycles. The van der Waals surface area contributed by atoms with Crippen molar-refractivity contribution in [1.82, 2.24) is 19.9 Å². The molecule has 11 heteroatoms. The van der Waals surface area contributed by atoms with Crippen molar-refractivity contribution >= 4 is 39.9 Å². The van der Waals surface area contributed by atoms with Gasteiger partial charge in [-0.1, -0.05) is 18.7 Å². The van der Waals surface area contributed by atoms with E-state index in [1.165, 1.54) is 16.0 Å². The average molecular weight is 444 g/mol. The van der Waals surface area contributed by atoms with Crippen LogP contribution in [0.4, 0.5) is 5.00 Å². The first-order valence-electron chi connectivity index (χ1n) is 9.42. The molecule has 30 heavy (non-hydrogen) atoms. The Labute approximate surface area is 181 Å². The Hall–Kier alpha value is -2.92. The fourth-order valence-corrected chi connectivity index (χ4v) is 5.55. The molecule has 0 aliphatic heterocycles. The summed E-state index contributed by atoms with van der Waals surface area (Å²) in [5, 5.41) is 11.9. The summed E-state index contributed by atoms with van der Waals surface area (Å²) in [7, 11) is 0. The number of nitrogens with one attached hydrogen (secondary N) is 1. The lowest BCUT2D eigenvalue weighted by atomic mass is 9.88. The van der Waals surface area contributed by atoms with Gasteiger partial charge < -0.3 is 16.9 Å². The minimum absolute atomic E-state index is 0.0690. The number of thiophene rings is 1. The van der Waals surface area contributed by atoms with Crippen LogP contribution in [-0.2, 0) is 17.6 Å². The highest BCUT2D eigenvalue weighted by molar-refractivity contribution is 7.99. The minimum Gasteiger partial charge on any atom is -0.365 e. The molecular weight excluding hydrogens is 422 g/mol. The second-order valence-electron chi connectivity index (χ2n) is 7.17. The summed E-state index contributed by atoms with van der Waals surface area (Å²) in [5.74, 6) is 6.38. The smallest absolute Gasteiger partial charge is 0.251 e. The molecule has 3 aromatic rings. The maximum Gasteiger partial charge on any atom is 0.251 e. The summed E-state index contributed by atoms with van der Waals surface area (Å²) >= 11 is 2.60. The van der Waals surface area contributed by atoms with E-state index in [2.05, 4.69) is 27.4 Å². The molecule has 2 amide bonds. The monoisotopic (exact) mass is 443 g/mol. The Kier molecular flexibility index (Phi) is 5.73. The lowest BCUT2D eigenvalue weighted by molar-refractivity contribution is -0.113. The van der Waals surface area contributed by atoms with Gasteiger partial charge in [0.05, 0.1) is 11.3 Å². The number of nitrogen functional groups attached to an aromatic ring is 1. The number of pyridine rings is 1. The number of hydrogen-bond acceptors (Lipinski definition) is 8. The highest BCUT2D eigenvalue weighted by atomic mass is 32.2. The Morgan fingerprint density at radius 1 is 1.40 bits per heavy atom. The molecule has 1 aliphatic rings. The van der Waals surface area contributed by atoms with E-state index in [4.69, 9.17) is 11.6 Å². The first-order valence-corrected chi connectivity index (χ1v) is 11.2. The largest absolute Gasteiger partial charge is 0.365 e. The summed E-state index contributed by atoms with van der Waals surface area (Å²) in [4.78, 5) is 29.7. The molecular formula is C19H21N7O2S2. The zero-order valence-corrected chi connectivity index (χ0v) is 17.9. The third-order valence-corrected chi connectivity index (χ3v) is 7.04. The van der Waals surface area contributed by atoms with Gasteiger partial charge >= 0.3 is 0 Å². The van der Waals surface area contributed by atoms with Crippen molar-refractivity contribution < 1.29 is 9.59 Å². The molecule has 0 spiro atoms. The quantitative estimate of drug-likeness (QED) is 0.391. The van der Waals surface area contributed by atoms with Crippen LogP contribution in [0.3, 0.4) is 0 Å². The molecule has 0 saturated heterocycles. The van der Waals surface area contributed by atoms with E-state index in [-0.39, 0.29) is 11.7 Å². The van der Waals surface area contributed by atoms with Crippen LogP contribution in [-0.4, -0.2) is 37.4 Å². The third kappa shape index (κ3) is 4.03. The summed E-state index contributed by atoms with van der Waals surface area (Å²) in [6, 6.07) is 3.61. The topological polar surface area (TPSA) is 142 Å². The minimum atomic E-state index is -0.507. The van der Waals surface area contributed by atoms with E-state index in [1.807, 2.05) is 6.07 Å². The zero-order chi connectivity index (χ0) is 21.3. The Morgan fingerprint density at radius 3 is 2.97 bits per heavy atom. The summed E-state index contributed by atoms with van der Waals surface area (Å²) < 4.78 is 1.33. The van der Waals surface area contributed by atoms with Gasteiger partial charge in [-0.25, -0.2) is 4.68 Å². The number of thioether (sulfide) groups is 1. The fraction of sp³-hybridized carbons (Fsp3) is 0.316. The van der Waals surface area contributed by atoms with Crippen LogP contribution in [0.15, 0.2) is 29.7 Å². The molecule has 0 aromatic carbocycles. The maximum absolute atomic E-state index is 12.5. The Bertz CT molecular complexity index is 1090. The highest BCUT2D eigenvalue weighted by Crippen LogP contribution is 2.39. The van der Waals surface area contributed by atoms with Gasteiger partial charge in [0.1, 0.15) is 5.00 Å². The lowest BCUT2D eigenvalue weighted by Crippen LogP contribution is -2.20. The summed E-state index contributed by atoms with van der Waals surface area (Å²) in [5.41, 5.74) is 7.76. The van der Waals surface area contributed by atoms with Gasteiger partial charge in [0.25, 0.3) is 5.91 Å². The molecule has 0 radical (unpaired) electrons. The number of rotatable bonds is 6. The predicted octanol–water partition coefficient (Wildman–Crippen LogP) is 2.07. The average Bonchev–Trinajstić information content (AvgIpc) is 3.26. The van der Waals surface area contributed by atoms with Gasteiger partial charge in [-0.05, 0) is 42.9 Å². The van der Waals surface area contributed by atoms with Gasteiger partial charge in [-0.2, -0.15) is 0 Å². The van der Waals surface area contributed by atoms with E-state index in [9.17, 15) is 9.59 Å². The number of aromatic nitrogens is 4. The number of carbonyl (C=O) groups excluding carboxylic acids is 2. The molecule has 0 saturated carbocycles. The van der Waals surface area contributed by atoms with Crippen molar-refractivity contribution in [2.24, 2.45) is 11.7 Å². The number of nitrogens with two attached hydrogens (primary N) is 2. The van der Waals surface area contributed by atoms with Crippen LogP contribution in [0.1, 0.15) is 34.1 Å². The number of nitrogens with zero attached hydrogens (tertiary/aromatic N) is 4. The fourth-order valence-electron chi connectivity index (χ4n) is 3.46. The second-order valence-corrected chi connectivity index (χ2v) is 9.22. The number of primary amides is 1. The molecule has 5 N–H and O–H groups in total. The second kappa shape index (κ2) is 8.44. The SMILES string of the molecule is CC1CCc2c(sc(NC(=O)CSc3nnc(-c4cccnc4)n3N)c2C(N)=O)C1. The number of amides is 2. The molecule has 1 unspecified atom stereocenters. The van der Waals surface area contributed by atoms with E-state index in [1.54, 1.807) is 18.5 Å². The van der Waals surface area contributed by atoms with Crippen LogP contribution in [0.5, 0.6) is 0 Å². The van der Waals surface area contributed by atoms with Crippen molar-refractivity contribution in [1.29, 1.82) is 0 Å². The molecule has 1 atom stereocenters. The zero-order valence-electron chi connectivity index (χ0n) is 16.3. The first kappa shape index (κ1) is 20.4. The van der Waals surface area contributed by atoms with Crippen LogP contribution < -0.4 is 16.9 Å². The molecule has 3 aromatic heterocycles. The van der Waals surface area contributed by atoms with Crippen LogP contribution in [0.2, 0.25) is 0 Å². The molecule has 156 valence electrons. The van der Waals surface area contributed by atoms with Gasteiger partial charge in [0.2, 0.25) is 11.1 Å². The van der Waals surface area contributed by atoms with Crippen molar-refractivity contribution in [2.75, 3.05) is 16.9 Å². The highest BCUT2D eigenvalue weighted by Gasteiger charge is 2.27. The molecule has 0 bridgehead atoms. The Balaban J connectivity index is 1.45. The number of carbonyl (C=O) groups is 2. The number of hydrogen-bond donors (Lipinski definition) is 3. The lowest BCUT2D eigenvalue weighted by Gasteiger charge is -2.18. The van der Waals surface area contributed by atoms with Gasteiger partial charge in [-0.3, -0.25) is 14.6 Å². The molecule has 9 nitrogen and oxygen atoms in total. The Morgan fingerprint density at radius 2 is 2.23 bits per heavy atom. The van der Waals surface area contributed by atoms with E-state index in [0.29, 0.717) is 27.5 Å². The van der Waals surface area contributed by atoms with Crippen molar-refractivity contribution in [2.45, 2.75) is 31.3 Å². The predicted molar refractivity (Wildman–Crippen MR) is 117 cm³/mol. The number of anilines is 1. The van der Waals surface area contributed by atoms with E-state index >= 15 is 0 Å². The van der Waals surface area contributed by atoms with Crippen molar-refractivity contribution in [3.05, 3.63) is 40.5 Å². The van der Waals surface area contributed by atoms with Crippen LogP contribution in [0.25, 0.3) is 11.4 Å². The van der Waals surface area contributed by atoms with Crippen LogP contribution >= 0.6 is 23.1 Å². The van der Waals surface area contributed by atoms with Gasteiger partial charge in [0.15, 0.2) is 5.82 Å². The van der Waals surface area contributed by atoms with Gasteiger partial charge in [0, 0.05) is 22.8 Å². The number of fused-ring (bicyclic) bond motifs is 1. The molecule has 0 fully saturated rings. The summed E-state index contributed by atoms with van der Waals surface area (Å²) in [6.07, 6.45) is 6.02. The van der Waals surface area contributed by atoms with Gasteiger partial charge in [-0.15, -0.1) is 21.5 Å². The standard InChI is InChI=1S/C19H21N7O2S2/c1-10-4-5-12-13(7-10)30-18(15(12)16(20)28)23-14(27)9-29-19-25-24-17(26(19)21)11-3-2-6-22-8-11/h2-3,6,8,10H,4-5,7,9,21H2,1H3,(H2,20,28)(H,23,27). The van der Waals surface area contributed by atoms with Crippen molar-refractivity contribution in [3.8, 4) is 11.4 Å². The molecule has 3 heterocycles. The maximum atomic E-state index is 12.5. The van der Waals surface area contributed by atoms with Crippen molar-refractivity contribution in [3.63, 3.8) is 0 Å². The third-order valence-electron chi connectivity index (χ3n) is 4.93. The first-order chi connectivity index (χ1) is 14.4. The normalized spacial score (nSPS) is 15.6. The van der Waals surface area contributed by atoms with E-state index < -0.39 is 5.91 Å². The van der Waals surface area contributed by atoms with Crippen LogP contribution in [0, 0.1) is 5.92 Å².